The van der Waals surface area contributed by atoms with Crippen molar-refractivity contribution in [2.45, 2.75) is 31.4 Å². The Morgan fingerprint density at radius 2 is 1.60 bits per heavy atom. The van der Waals surface area contributed by atoms with Crippen LogP contribution in [0, 0.1) is 6.92 Å². The number of amides is 3. The Labute approximate surface area is 229 Å². The zero-order chi connectivity index (χ0) is 30.8. The van der Waals surface area contributed by atoms with E-state index < -0.39 is 71.0 Å². The number of hydrogen-bond donors (Lipinski definition) is 2. The molecular weight excluding hydrogens is 611 g/mol. The molecule has 17 heteroatoms. The SMILES string of the molecule is Cc1cc(C(/C=C(\F)c2ccc(C(=O)NN(C)C(=O)NCC(F)(F)F)c(C(F)(F)F)c2)C(F)(F)F)cc(Cl)c1Cl. The largest absolute Gasteiger partial charge is 0.417 e. The molecule has 0 bridgehead atoms. The van der Waals surface area contributed by atoms with Gasteiger partial charge in [-0.15, -0.1) is 0 Å². The van der Waals surface area contributed by atoms with E-state index in [9.17, 15) is 53.5 Å². The number of aryl methyl sites for hydroxylation is 1. The number of carbonyl (C=O) groups excluding carboxylic acids is 2. The number of alkyl halides is 9. The van der Waals surface area contributed by atoms with Crippen LogP contribution in [0.4, 0.5) is 48.7 Å². The molecule has 40 heavy (non-hydrogen) atoms. The monoisotopic (exact) mass is 627 g/mol. The van der Waals surface area contributed by atoms with Crippen LogP contribution in [0.2, 0.25) is 10.0 Å². The van der Waals surface area contributed by atoms with Gasteiger partial charge in [0, 0.05) is 12.6 Å². The Hall–Kier alpha value is -3.20. The number of hydrazine groups is 1. The molecule has 0 saturated heterocycles. The summed E-state index contributed by atoms with van der Waals surface area (Å²) in [4.78, 5) is 24.0. The summed E-state index contributed by atoms with van der Waals surface area (Å²) in [5, 5.41) is 1.17. The van der Waals surface area contributed by atoms with Gasteiger partial charge in [-0.05, 0) is 42.3 Å². The number of halogens is 12. The molecule has 1 unspecified atom stereocenters. The molecule has 1 atom stereocenters. The third-order valence-electron chi connectivity index (χ3n) is 5.12. The van der Waals surface area contributed by atoms with Crippen LogP contribution >= 0.6 is 23.2 Å². The van der Waals surface area contributed by atoms with Crippen LogP contribution in [-0.4, -0.2) is 42.9 Å². The van der Waals surface area contributed by atoms with Crippen molar-refractivity contribution in [3.05, 3.63) is 74.3 Å². The lowest BCUT2D eigenvalue weighted by molar-refractivity contribution is -0.140. The number of allylic oxidation sites excluding steroid dienone is 1. The second kappa shape index (κ2) is 12.1. The van der Waals surface area contributed by atoms with E-state index in [1.807, 2.05) is 0 Å². The lowest BCUT2D eigenvalue weighted by Crippen LogP contribution is -2.50. The molecule has 0 spiro atoms. The summed E-state index contributed by atoms with van der Waals surface area (Å²) in [7, 11) is 0.732. The Morgan fingerprint density at radius 3 is 2.10 bits per heavy atom. The highest BCUT2D eigenvalue weighted by molar-refractivity contribution is 6.42. The van der Waals surface area contributed by atoms with Crippen molar-refractivity contribution in [3.8, 4) is 0 Å². The zero-order valence-corrected chi connectivity index (χ0v) is 21.6. The second-order valence-electron chi connectivity index (χ2n) is 8.20. The fourth-order valence-electron chi connectivity index (χ4n) is 3.24. The first-order valence-electron chi connectivity index (χ1n) is 10.6. The minimum absolute atomic E-state index is 0.0208. The van der Waals surface area contributed by atoms with Gasteiger partial charge in [0.2, 0.25) is 0 Å². The van der Waals surface area contributed by atoms with E-state index in [2.05, 4.69) is 0 Å². The highest BCUT2D eigenvalue weighted by atomic mass is 35.5. The average molecular weight is 628 g/mol. The molecular formula is C23H17Cl2F10N3O2. The van der Waals surface area contributed by atoms with Crippen molar-refractivity contribution in [1.29, 1.82) is 0 Å². The van der Waals surface area contributed by atoms with E-state index in [-0.39, 0.29) is 32.8 Å². The molecule has 0 radical (unpaired) electrons. The summed E-state index contributed by atoms with van der Waals surface area (Å²) in [5.74, 6) is -6.01. The number of hydrogen-bond acceptors (Lipinski definition) is 2. The molecule has 220 valence electrons. The smallest absolute Gasteiger partial charge is 0.327 e. The maximum absolute atomic E-state index is 15.0. The lowest BCUT2D eigenvalue weighted by atomic mass is 9.94. The molecule has 5 nitrogen and oxygen atoms in total. The number of urea groups is 1. The molecule has 0 aliphatic rings. The second-order valence-corrected chi connectivity index (χ2v) is 8.98. The van der Waals surface area contributed by atoms with E-state index in [4.69, 9.17) is 23.2 Å². The van der Waals surface area contributed by atoms with Gasteiger partial charge in [-0.2, -0.15) is 39.5 Å². The maximum atomic E-state index is 15.0. The Bertz CT molecular complexity index is 1280. The fraction of sp³-hybridized carbons (Fsp3) is 0.304. The molecule has 2 rings (SSSR count). The van der Waals surface area contributed by atoms with Gasteiger partial charge in [-0.1, -0.05) is 35.3 Å². The number of carbonyl (C=O) groups is 2. The Morgan fingerprint density at radius 1 is 1.00 bits per heavy atom. The number of benzene rings is 2. The molecule has 2 aromatic rings. The van der Waals surface area contributed by atoms with Gasteiger partial charge in [0.05, 0.1) is 21.2 Å². The van der Waals surface area contributed by atoms with E-state index >= 15 is 0 Å². The summed E-state index contributed by atoms with van der Waals surface area (Å²) in [6.45, 7) is -0.469. The molecule has 2 N–H and O–H groups in total. The van der Waals surface area contributed by atoms with E-state index in [1.54, 1.807) is 5.43 Å². The molecule has 2 aromatic carbocycles. The molecule has 0 saturated carbocycles. The third kappa shape index (κ3) is 8.65. The predicted molar refractivity (Wildman–Crippen MR) is 125 cm³/mol. The first-order valence-corrected chi connectivity index (χ1v) is 11.4. The third-order valence-corrected chi connectivity index (χ3v) is 6.01. The quantitative estimate of drug-likeness (QED) is 0.262. The first-order chi connectivity index (χ1) is 18.1. The minimum atomic E-state index is -5.34. The van der Waals surface area contributed by atoms with E-state index in [1.165, 1.54) is 12.2 Å². The van der Waals surface area contributed by atoms with Crippen LogP contribution in [0.1, 0.15) is 38.5 Å². The molecule has 0 aromatic heterocycles. The molecule has 0 aliphatic heterocycles. The molecule has 0 heterocycles. The van der Waals surface area contributed by atoms with Crippen molar-refractivity contribution in [3.63, 3.8) is 0 Å². The van der Waals surface area contributed by atoms with Crippen LogP contribution in [0.3, 0.4) is 0 Å². The standard InChI is InChI=1S/C23H17Cl2F10N3O2/c1-10-5-12(7-16(24)18(10)25)14(22(30,31)32)8-17(26)11-3-4-13(15(6-11)23(33,34)35)19(39)37-38(2)20(40)36-9-21(27,28)29/h3-8,14H,9H2,1-2H3,(H,36,40)(H,37,39)/b17-8-. The Balaban J connectivity index is 2.45. The van der Waals surface area contributed by atoms with Gasteiger partial charge >= 0.3 is 24.6 Å². The number of nitrogens with zero attached hydrogens (tertiary/aromatic N) is 1. The van der Waals surface area contributed by atoms with Gasteiger partial charge in [0.25, 0.3) is 5.91 Å². The topological polar surface area (TPSA) is 61.4 Å². The van der Waals surface area contributed by atoms with Crippen LogP contribution in [0.25, 0.3) is 5.83 Å². The zero-order valence-electron chi connectivity index (χ0n) is 20.0. The summed E-state index contributed by atoms with van der Waals surface area (Å²) < 4.78 is 134. The van der Waals surface area contributed by atoms with Gasteiger partial charge < -0.3 is 5.32 Å². The maximum Gasteiger partial charge on any atom is 0.417 e. The molecule has 3 amide bonds. The molecule has 0 fully saturated rings. The van der Waals surface area contributed by atoms with Gasteiger partial charge in [-0.25, -0.2) is 14.2 Å². The molecule has 0 aliphatic carbocycles. The predicted octanol–water partition coefficient (Wildman–Crippen LogP) is 7.83. The van der Waals surface area contributed by atoms with Gasteiger partial charge in [0.1, 0.15) is 18.3 Å². The fourth-order valence-corrected chi connectivity index (χ4v) is 3.62. The lowest BCUT2D eigenvalue weighted by Gasteiger charge is -2.21. The van der Waals surface area contributed by atoms with Crippen molar-refractivity contribution in [2.24, 2.45) is 0 Å². The van der Waals surface area contributed by atoms with Crippen LogP contribution in [0.5, 0.6) is 0 Å². The highest BCUT2D eigenvalue weighted by Crippen LogP contribution is 2.42. The Kier molecular flexibility index (Phi) is 10.0. The summed E-state index contributed by atoms with van der Waals surface area (Å²) in [5.41, 5.74) is -2.79. The highest BCUT2D eigenvalue weighted by Gasteiger charge is 2.41. The van der Waals surface area contributed by atoms with E-state index in [0.717, 1.165) is 19.2 Å². The number of nitrogens with one attached hydrogen (secondary N) is 2. The van der Waals surface area contributed by atoms with Crippen LogP contribution in [0.15, 0.2) is 36.4 Å². The van der Waals surface area contributed by atoms with Gasteiger partial charge in [0.15, 0.2) is 0 Å². The summed E-state index contributed by atoms with van der Waals surface area (Å²) >= 11 is 11.7. The van der Waals surface area contributed by atoms with Crippen molar-refractivity contribution in [1.82, 2.24) is 15.8 Å². The summed E-state index contributed by atoms with van der Waals surface area (Å²) in [6, 6.07) is 1.35. The van der Waals surface area contributed by atoms with Crippen molar-refractivity contribution in [2.75, 3.05) is 13.6 Å². The van der Waals surface area contributed by atoms with E-state index in [0.29, 0.717) is 12.1 Å². The minimum Gasteiger partial charge on any atom is -0.327 e. The normalized spacial score (nSPS) is 13.6. The van der Waals surface area contributed by atoms with Crippen LogP contribution in [-0.2, 0) is 6.18 Å². The van der Waals surface area contributed by atoms with Gasteiger partial charge in [-0.3, -0.25) is 10.2 Å². The van der Waals surface area contributed by atoms with Crippen LogP contribution < -0.4 is 10.7 Å². The summed E-state index contributed by atoms with van der Waals surface area (Å²) in [6.07, 6.45) is -15.2. The average Bonchev–Trinajstić information content (AvgIpc) is 2.81. The van der Waals surface area contributed by atoms with Crippen molar-refractivity contribution < 1.29 is 53.5 Å². The number of rotatable bonds is 5. The first kappa shape index (κ1) is 33.0. The van der Waals surface area contributed by atoms with Crippen molar-refractivity contribution >= 4 is 41.0 Å².